The van der Waals surface area contributed by atoms with Crippen LogP contribution < -0.4 is 4.90 Å². The third-order valence-corrected chi connectivity index (χ3v) is 4.55. The number of morpholine rings is 1. The molecule has 1 aliphatic rings. The number of halogens is 1. The van der Waals surface area contributed by atoms with E-state index in [1.54, 1.807) is 0 Å². The first-order valence-electron chi connectivity index (χ1n) is 6.26. The maximum Gasteiger partial charge on any atom is 0.162 e. The zero-order valence-corrected chi connectivity index (χ0v) is 12.2. The summed E-state index contributed by atoms with van der Waals surface area (Å²) in [5.74, 6) is 0. The predicted octanol–water partition coefficient (Wildman–Crippen LogP) is 3.25. The van der Waals surface area contributed by atoms with Crippen LogP contribution in [0.1, 0.15) is 17.2 Å². The van der Waals surface area contributed by atoms with Crippen molar-refractivity contribution in [2.45, 2.75) is 6.10 Å². The van der Waals surface area contributed by atoms with Crippen LogP contribution in [0.2, 0.25) is 5.15 Å². The number of rotatable bonds is 2. The second-order valence-corrected chi connectivity index (χ2v) is 5.59. The highest BCUT2D eigenvalue weighted by Crippen LogP contribution is 2.34. The first kappa shape index (κ1) is 13.4. The highest BCUT2D eigenvalue weighted by molar-refractivity contribution is 7.10. The molecule has 2 heterocycles. The van der Waals surface area contributed by atoms with Crippen LogP contribution in [-0.2, 0) is 4.74 Å². The van der Waals surface area contributed by atoms with Crippen molar-refractivity contribution >= 4 is 28.1 Å². The fourth-order valence-corrected chi connectivity index (χ4v) is 3.34. The Hall–Kier alpha value is -1.61. The Balaban J connectivity index is 1.84. The molecule has 1 atom stereocenters. The molecule has 2 aromatic rings. The SMILES string of the molecule is N#Cc1c(Cl)nsc1N1CCO[C@H](c2ccccc2)C1. The van der Waals surface area contributed by atoms with E-state index in [4.69, 9.17) is 16.3 Å². The Bertz CT molecular complexity index is 638. The average Bonchev–Trinajstić information content (AvgIpc) is 2.89. The molecule has 1 fully saturated rings. The number of anilines is 1. The lowest BCUT2D eigenvalue weighted by molar-refractivity contribution is 0.0400. The summed E-state index contributed by atoms with van der Waals surface area (Å²) in [5.41, 5.74) is 1.61. The molecule has 0 spiro atoms. The van der Waals surface area contributed by atoms with E-state index in [0.717, 1.165) is 17.1 Å². The molecular formula is C14H12ClN3OS. The van der Waals surface area contributed by atoms with Gasteiger partial charge in [-0.1, -0.05) is 41.9 Å². The predicted molar refractivity (Wildman–Crippen MR) is 79.2 cm³/mol. The number of hydrogen-bond donors (Lipinski definition) is 0. The maximum atomic E-state index is 9.18. The second-order valence-electron chi connectivity index (χ2n) is 4.48. The third kappa shape index (κ3) is 2.50. The molecule has 0 radical (unpaired) electrons. The molecule has 1 aliphatic heterocycles. The number of benzene rings is 1. The standard InChI is InChI=1S/C14H12ClN3OS/c15-13-11(8-16)14(20-17-13)18-6-7-19-12(9-18)10-4-2-1-3-5-10/h1-5,12H,6-7,9H2/t12-/m0/s1. The van der Waals surface area contributed by atoms with E-state index >= 15 is 0 Å². The van der Waals surface area contributed by atoms with E-state index in [9.17, 15) is 5.26 Å². The van der Waals surface area contributed by atoms with Crippen molar-refractivity contribution in [2.75, 3.05) is 24.6 Å². The van der Waals surface area contributed by atoms with E-state index in [-0.39, 0.29) is 11.3 Å². The van der Waals surface area contributed by atoms with Crippen LogP contribution in [0.5, 0.6) is 0 Å². The van der Waals surface area contributed by atoms with Gasteiger partial charge in [0.1, 0.15) is 22.7 Å². The zero-order valence-electron chi connectivity index (χ0n) is 10.6. The molecule has 4 nitrogen and oxygen atoms in total. The van der Waals surface area contributed by atoms with Crippen LogP contribution in [0.15, 0.2) is 30.3 Å². The summed E-state index contributed by atoms with van der Waals surface area (Å²) in [6, 6.07) is 12.2. The van der Waals surface area contributed by atoms with Crippen molar-refractivity contribution in [1.29, 1.82) is 5.26 Å². The van der Waals surface area contributed by atoms with Gasteiger partial charge in [-0.15, -0.1) is 0 Å². The van der Waals surface area contributed by atoms with Crippen molar-refractivity contribution in [2.24, 2.45) is 0 Å². The first-order chi connectivity index (χ1) is 9.79. The summed E-state index contributed by atoms with van der Waals surface area (Å²) >= 11 is 7.21. The van der Waals surface area contributed by atoms with Crippen molar-refractivity contribution < 1.29 is 4.74 Å². The summed E-state index contributed by atoms with van der Waals surface area (Å²) in [6.07, 6.45) is 0.0115. The summed E-state index contributed by atoms with van der Waals surface area (Å²) in [4.78, 5) is 2.13. The quantitative estimate of drug-likeness (QED) is 0.854. The highest BCUT2D eigenvalue weighted by Gasteiger charge is 2.26. The molecule has 1 aromatic heterocycles. The van der Waals surface area contributed by atoms with E-state index in [1.165, 1.54) is 11.5 Å². The molecule has 0 N–H and O–H groups in total. The lowest BCUT2D eigenvalue weighted by atomic mass is 10.1. The average molecular weight is 306 g/mol. The molecule has 20 heavy (non-hydrogen) atoms. The minimum Gasteiger partial charge on any atom is -0.370 e. The molecule has 1 saturated heterocycles. The molecule has 0 unspecified atom stereocenters. The van der Waals surface area contributed by atoms with Gasteiger partial charge < -0.3 is 9.64 Å². The second kappa shape index (κ2) is 5.80. The fraction of sp³-hybridized carbons (Fsp3) is 0.286. The smallest absolute Gasteiger partial charge is 0.162 e. The Morgan fingerprint density at radius 3 is 2.95 bits per heavy atom. The lowest BCUT2D eigenvalue weighted by Crippen LogP contribution is -2.38. The molecule has 0 bridgehead atoms. The van der Waals surface area contributed by atoms with E-state index in [0.29, 0.717) is 18.7 Å². The summed E-state index contributed by atoms with van der Waals surface area (Å²) in [5, 5.41) is 10.3. The van der Waals surface area contributed by atoms with Crippen LogP contribution in [0, 0.1) is 11.3 Å². The van der Waals surface area contributed by atoms with Gasteiger partial charge in [-0.3, -0.25) is 0 Å². The van der Waals surface area contributed by atoms with Gasteiger partial charge in [0.25, 0.3) is 0 Å². The molecular weight excluding hydrogens is 294 g/mol. The van der Waals surface area contributed by atoms with Crippen LogP contribution >= 0.6 is 23.1 Å². The van der Waals surface area contributed by atoms with Gasteiger partial charge in [0.2, 0.25) is 0 Å². The van der Waals surface area contributed by atoms with Crippen LogP contribution in [-0.4, -0.2) is 24.1 Å². The number of nitriles is 1. The highest BCUT2D eigenvalue weighted by atomic mass is 35.5. The Kier molecular flexibility index (Phi) is 3.88. The summed E-state index contributed by atoms with van der Waals surface area (Å²) in [6.45, 7) is 2.08. The Labute approximate surface area is 126 Å². The van der Waals surface area contributed by atoms with E-state index < -0.39 is 0 Å². The van der Waals surface area contributed by atoms with Crippen molar-refractivity contribution in [3.05, 3.63) is 46.6 Å². The summed E-state index contributed by atoms with van der Waals surface area (Å²) < 4.78 is 9.89. The van der Waals surface area contributed by atoms with E-state index in [1.807, 2.05) is 18.2 Å². The van der Waals surface area contributed by atoms with Gasteiger partial charge >= 0.3 is 0 Å². The normalized spacial score (nSPS) is 18.8. The third-order valence-electron chi connectivity index (χ3n) is 3.27. The Morgan fingerprint density at radius 2 is 2.20 bits per heavy atom. The van der Waals surface area contributed by atoms with Crippen molar-refractivity contribution in [3.8, 4) is 6.07 Å². The molecule has 0 saturated carbocycles. The molecule has 1 aromatic carbocycles. The number of aromatic nitrogens is 1. The van der Waals surface area contributed by atoms with Gasteiger partial charge in [0, 0.05) is 13.1 Å². The van der Waals surface area contributed by atoms with Crippen LogP contribution in [0.3, 0.4) is 0 Å². The topological polar surface area (TPSA) is 49.2 Å². The van der Waals surface area contributed by atoms with Gasteiger partial charge in [-0.2, -0.15) is 9.64 Å². The Morgan fingerprint density at radius 1 is 1.40 bits per heavy atom. The maximum absolute atomic E-state index is 9.18. The first-order valence-corrected chi connectivity index (χ1v) is 7.41. The van der Waals surface area contributed by atoms with Gasteiger partial charge in [0.05, 0.1) is 6.61 Å². The minimum absolute atomic E-state index is 0.0115. The number of hydrogen-bond acceptors (Lipinski definition) is 5. The summed E-state index contributed by atoms with van der Waals surface area (Å²) in [7, 11) is 0. The fourth-order valence-electron chi connectivity index (χ4n) is 2.28. The van der Waals surface area contributed by atoms with Gasteiger partial charge in [0.15, 0.2) is 5.15 Å². The molecule has 0 amide bonds. The molecule has 0 aliphatic carbocycles. The molecule has 102 valence electrons. The molecule has 3 rings (SSSR count). The van der Waals surface area contributed by atoms with E-state index in [2.05, 4.69) is 27.5 Å². The number of ether oxygens (including phenoxy) is 1. The van der Waals surface area contributed by atoms with Crippen LogP contribution in [0.4, 0.5) is 5.00 Å². The lowest BCUT2D eigenvalue weighted by Gasteiger charge is -2.33. The molecule has 6 heteroatoms. The minimum atomic E-state index is 0.0115. The van der Waals surface area contributed by atoms with Crippen molar-refractivity contribution in [3.63, 3.8) is 0 Å². The monoisotopic (exact) mass is 305 g/mol. The van der Waals surface area contributed by atoms with Crippen LogP contribution in [0.25, 0.3) is 0 Å². The van der Waals surface area contributed by atoms with Gasteiger partial charge in [-0.25, -0.2) is 0 Å². The zero-order chi connectivity index (χ0) is 13.9. The largest absolute Gasteiger partial charge is 0.370 e. The van der Waals surface area contributed by atoms with Gasteiger partial charge in [-0.05, 0) is 17.1 Å². The van der Waals surface area contributed by atoms with Crippen molar-refractivity contribution in [1.82, 2.24) is 4.37 Å². The number of nitrogens with zero attached hydrogens (tertiary/aromatic N) is 3.